The first kappa shape index (κ1) is 29.1. The molecule has 1 aromatic carbocycles. The van der Waals surface area contributed by atoms with Gasteiger partial charge in [0.05, 0.1) is 6.04 Å². The predicted octanol–water partition coefficient (Wildman–Crippen LogP) is 3.23. The lowest BCUT2D eigenvalue weighted by atomic mass is 9.85. The molecule has 5 rings (SSSR count). The Morgan fingerprint density at radius 1 is 1.10 bits per heavy atom. The summed E-state index contributed by atoms with van der Waals surface area (Å²) in [6.07, 6.45) is 1.89. The Labute approximate surface area is 230 Å². The summed E-state index contributed by atoms with van der Waals surface area (Å²) < 4.78 is 61.2. The van der Waals surface area contributed by atoms with Gasteiger partial charge in [-0.2, -0.15) is 17.9 Å². The molecule has 0 radical (unpaired) electrons. The highest BCUT2D eigenvalue weighted by Gasteiger charge is 2.51. The molecule has 4 heterocycles. The molecular weight excluding hydrogens is 571 g/mol. The molecule has 40 heavy (non-hydrogen) atoms. The number of benzene rings is 1. The fourth-order valence-corrected chi connectivity index (χ4v) is 6.81. The molecule has 1 saturated heterocycles. The molecule has 0 bridgehead atoms. The van der Waals surface area contributed by atoms with Crippen LogP contribution >= 0.6 is 11.3 Å². The number of alkyl halides is 3. The summed E-state index contributed by atoms with van der Waals surface area (Å²) >= 11 is 1.11. The van der Waals surface area contributed by atoms with Gasteiger partial charge in [-0.15, -0.1) is 11.3 Å². The van der Waals surface area contributed by atoms with Crippen molar-refractivity contribution >= 4 is 44.0 Å². The van der Waals surface area contributed by atoms with Crippen molar-refractivity contribution in [1.29, 1.82) is 0 Å². The van der Waals surface area contributed by atoms with Crippen LogP contribution in [0.3, 0.4) is 0 Å². The van der Waals surface area contributed by atoms with Crippen molar-refractivity contribution in [2.75, 3.05) is 6.54 Å². The third kappa shape index (κ3) is 6.12. The van der Waals surface area contributed by atoms with Crippen LogP contribution < -0.4 is 15.8 Å². The Morgan fingerprint density at radius 3 is 2.45 bits per heavy atom. The summed E-state index contributed by atoms with van der Waals surface area (Å²) in [6, 6.07) is 13.5. The number of sulfonamides is 1. The highest BCUT2D eigenvalue weighted by molar-refractivity contribution is 7.91. The number of carboxylic acids is 1. The number of rotatable bonds is 6. The van der Waals surface area contributed by atoms with Crippen LogP contribution in [-0.2, 0) is 19.6 Å². The predicted molar refractivity (Wildman–Crippen MR) is 141 cm³/mol. The van der Waals surface area contributed by atoms with E-state index in [-0.39, 0.29) is 10.6 Å². The standard InChI is InChI=1S/C23H21N5O3S2.C2HF3O2/c24-21(16-4-3-15-7-10-26-14-18(15)12-16)23(8-11-27-22(23)29)28-33(30,31)20-6-5-19(32-20)17-2-1-9-25-13-17;3-2(4,5)1(6)7/h1-7,9-10,12-14,21,28H,8,11,24H2,(H,27,29);(H,6,7)/t21?,23-;/m0./s1. The van der Waals surface area contributed by atoms with Crippen LogP contribution in [0.5, 0.6) is 0 Å². The summed E-state index contributed by atoms with van der Waals surface area (Å²) in [5, 5.41) is 11.7. The summed E-state index contributed by atoms with van der Waals surface area (Å²) in [4.78, 5) is 30.9. The Morgan fingerprint density at radius 2 is 1.82 bits per heavy atom. The molecule has 0 aliphatic carbocycles. The van der Waals surface area contributed by atoms with Gasteiger partial charge >= 0.3 is 12.1 Å². The lowest BCUT2D eigenvalue weighted by molar-refractivity contribution is -0.192. The minimum atomic E-state index is -5.08. The molecule has 1 amide bonds. The number of amides is 1. The van der Waals surface area contributed by atoms with Crippen molar-refractivity contribution < 1.29 is 36.3 Å². The Balaban J connectivity index is 0.000000470. The Bertz CT molecular complexity index is 1650. The number of halogens is 3. The molecule has 10 nitrogen and oxygen atoms in total. The number of thiophene rings is 1. The molecular formula is C25H22F3N5O5S2. The third-order valence-corrected chi connectivity index (χ3v) is 9.25. The first-order valence-electron chi connectivity index (χ1n) is 11.6. The molecule has 1 aliphatic rings. The van der Waals surface area contributed by atoms with E-state index < -0.39 is 39.7 Å². The number of carboxylic acid groups (broad SMARTS) is 1. The molecule has 5 N–H and O–H groups in total. The monoisotopic (exact) mass is 593 g/mol. The van der Waals surface area contributed by atoms with Crippen LogP contribution in [0.1, 0.15) is 18.0 Å². The van der Waals surface area contributed by atoms with Gasteiger partial charge < -0.3 is 16.2 Å². The van der Waals surface area contributed by atoms with Crippen molar-refractivity contribution in [3.8, 4) is 10.4 Å². The molecule has 15 heteroatoms. The molecule has 210 valence electrons. The molecule has 0 saturated carbocycles. The zero-order valence-electron chi connectivity index (χ0n) is 20.4. The van der Waals surface area contributed by atoms with Crippen molar-refractivity contribution in [3.05, 3.63) is 78.9 Å². The normalized spacial score (nSPS) is 18.1. The number of aromatic nitrogens is 2. The van der Waals surface area contributed by atoms with Crippen LogP contribution in [0.25, 0.3) is 21.2 Å². The van der Waals surface area contributed by atoms with Crippen molar-refractivity contribution in [2.24, 2.45) is 5.73 Å². The number of hydrogen-bond donors (Lipinski definition) is 4. The van der Waals surface area contributed by atoms with E-state index in [0.29, 0.717) is 12.1 Å². The quantitative estimate of drug-likeness (QED) is 0.265. The fourth-order valence-electron chi connectivity index (χ4n) is 4.10. The molecule has 1 fully saturated rings. The summed E-state index contributed by atoms with van der Waals surface area (Å²) in [7, 11) is -4.02. The number of hydrogen-bond acceptors (Lipinski definition) is 8. The number of carbonyl (C=O) groups excluding carboxylic acids is 1. The summed E-state index contributed by atoms with van der Waals surface area (Å²) in [6.45, 7) is 0.329. The van der Waals surface area contributed by atoms with Crippen LogP contribution in [0, 0.1) is 0 Å². The van der Waals surface area contributed by atoms with Crippen LogP contribution in [0.2, 0.25) is 0 Å². The van der Waals surface area contributed by atoms with Gasteiger partial charge in [-0.25, -0.2) is 13.2 Å². The molecule has 1 aliphatic heterocycles. The van der Waals surface area contributed by atoms with E-state index in [4.69, 9.17) is 15.6 Å². The molecule has 1 unspecified atom stereocenters. The average molecular weight is 594 g/mol. The third-order valence-electron chi connectivity index (χ3n) is 6.12. The lowest BCUT2D eigenvalue weighted by Gasteiger charge is -2.33. The number of nitrogens with zero attached hydrogens (tertiary/aromatic N) is 2. The average Bonchev–Trinajstić information content (AvgIpc) is 3.57. The number of fused-ring (bicyclic) bond motifs is 1. The Kier molecular flexibility index (Phi) is 8.20. The largest absolute Gasteiger partial charge is 0.490 e. The van der Waals surface area contributed by atoms with Crippen molar-refractivity contribution in [3.63, 3.8) is 0 Å². The van der Waals surface area contributed by atoms with Gasteiger partial charge in [0.15, 0.2) is 0 Å². The van der Waals surface area contributed by atoms with E-state index in [9.17, 15) is 26.4 Å². The fraction of sp³-hybridized carbons (Fsp3) is 0.200. The van der Waals surface area contributed by atoms with E-state index in [1.165, 1.54) is 6.07 Å². The van der Waals surface area contributed by atoms with E-state index in [1.807, 2.05) is 30.3 Å². The smallest absolute Gasteiger partial charge is 0.475 e. The minimum Gasteiger partial charge on any atom is -0.475 e. The number of nitrogens with one attached hydrogen (secondary N) is 2. The van der Waals surface area contributed by atoms with Crippen LogP contribution in [0.4, 0.5) is 13.2 Å². The van der Waals surface area contributed by atoms with Gasteiger partial charge in [-0.05, 0) is 47.7 Å². The second-order valence-corrected chi connectivity index (χ2v) is 11.7. The van der Waals surface area contributed by atoms with E-state index >= 15 is 0 Å². The van der Waals surface area contributed by atoms with E-state index in [0.717, 1.165) is 32.5 Å². The second kappa shape index (κ2) is 11.3. The minimum absolute atomic E-state index is 0.107. The molecule has 4 aromatic rings. The molecule has 2 atom stereocenters. The zero-order chi connectivity index (χ0) is 29.1. The number of nitrogens with two attached hydrogens (primary N) is 1. The Hall–Kier alpha value is -3.92. The number of pyridine rings is 2. The van der Waals surface area contributed by atoms with Gasteiger partial charge in [0.2, 0.25) is 5.91 Å². The highest BCUT2D eigenvalue weighted by atomic mass is 32.2. The molecule has 0 spiro atoms. The van der Waals surface area contributed by atoms with E-state index in [2.05, 4.69) is 20.0 Å². The maximum absolute atomic E-state index is 13.4. The summed E-state index contributed by atoms with van der Waals surface area (Å²) in [5.41, 5.74) is 6.55. The van der Waals surface area contributed by atoms with E-state index in [1.54, 1.807) is 36.9 Å². The lowest BCUT2D eigenvalue weighted by Crippen LogP contribution is -2.59. The first-order valence-corrected chi connectivity index (χ1v) is 13.9. The SMILES string of the molecule is NC(c1ccc2ccncc2c1)[C@@]1(NS(=O)(=O)c2ccc(-c3cccnc3)s2)CCNC1=O.O=C(O)C(F)(F)F. The van der Waals surface area contributed by atoms with Gasteiger partial charge in [0, 0.05) is 47.2 Å². The van der Waals surface area contributed by atoms with Crippen molar-refractivity contribution in [1.82, 2.24) is 20.0 Å². The molecule has 3 aromatic heterocycles. The second-order valence-electron chi connectivity index (χ2n) is 8.71. The topological polar surface area (TPSA) is 164 Å². The highest BCUT2D eigenvalue weighted by Crippen LogP contribution is 2.36. The van der Waals surface area contributed by atoms with Gasteiger partial charge in [-0.3, -0.25) is 14.8 Å². The van der Waals surface area contributed by atoms with Crippen LogP contribution in [0.15, 0.2) is 77.5 Å². The van der Waals surface area contributed by atoms with Gasteiger partial charge in [0.25, 0.3) is 10.0 Å². The number of carbonyl (C=O) groups is 2. The van der Waals surface area contributed by atoms with Gasteiger partial charge in [0.1, 0.15) is 9.75 Å². The maximum atomic E-state index is 13.4. The van der Waals surface area contributed by atoms with Crippen molar-refractivity contribution in [2.45, 2.75) is 28.4 Å². The summed E-state index contributed by atoms with van der Waals surface area (Å²) in [5.74, 6) is -3.19. The van der Waals surface area contributed by atoms with Crippen LogP contribution in [-0.4, -0.2) is 53.6 Å². The first-order chi connectivity index (χ1) is 18.8. The van der Waals surface area contributed by atoms with Gasteiger partial charge in [-0.1, -0.05) is 18.2 Å². The number of aliphatic carboxylic acids is 1. The zero-order valence-corrected chi connectivity index (χ0v) is 22.1. The maximum Gasteiger partial charge on any atom is 0.490 e.